The summed E-state index contributed by atoms with van der Waals surface area (Å²) in [6.07, 6.45) is 0.778. The van der Waals surface area contributed by atoms with E-state index >= 15 is 0 Å². The number of hydrogen-bond donors (Lipinski definition) is 2. The first kappa shape index (κ1) is 8.84. The number of nitrogens with two attached hydrogens (primary N) is 2. The standard InChI is InChI=1S/C5H14N2O2/c1-3-5(2,9-7)4-8-6/h3-4,6-7H2,1-2H3. The van der Waals surface area contributed by atoms with Gasteiger partial charge in [-0.05, 0) is 13.3 Å². The minimum Gasteiger partial charge on any atom is -0.302 e. The molecular formula is C5H14N2O2. The molecular weight excluding hydrogens is 120 g/mol. The molecule has 0 aliphatic rings. The lowest BCUT2D eigenvalue weighted by atomic mass is 10.1. The van der Waals surface area contributed by atoms with Crippen molar-refractivity contribution in [3.8, 4) is 0 Å². The van der Waals surface area contributed by atoms with Crippen LogP contribution in [0.4, 0.5) is 0 Å². The average Bonchev–Trinajstić information content (AvgIpc) is 1.89. The predicted molar refractivity (Wildman–Crippen MR) is 34.1 cm³/mol. The van der Waals surface area contributed by atoms with E-state index in [4.69, 9.17) is 11.8 Å². The van der Waals surface area contributed by atoms with Crippen molar-refractivity contribution < 1.29 is 9.68 Å². The Labute approximate surface area is 55.0 Å². The Morgan fingerprint density at radius 2 is 2.00 bits per heavy atom. The second-order valence-corrected chi connectivity index (χ2v) is 2.23. The molecule has 0 spiro atoms. The van der Waals surface area contributed by atoms with Crippen molar-refractivity contribution in [2.75, 3.05) is 6.61 Å². The molecule has 4 nitrogen and oxygen atoms in total. The summed E-state index contributed by atoms with van der Waals surface area (Å²) in [7, 11) is 0. The zero-order chi connectivity index (χ0) is 7.33. The van der Waals surface area contributed by atoms with Gasteiger partial charge in [0.25, 0.3) is 0 Å². The van der Waals surface area contributed by atoms with Gasteiger partial charge in [0.1, 0.15) is 5.60 Å². The molecule has 0 saturated heterocycles. The van der Waals surface area contributed by atoms with Gasteiger partial charge in [-0.3, -0.25) is 4.84 Å². The lowest BCUT2D eigenvalue weighted by Gasteiger charge is -2.23. The van der Waals surface area contributed by atoms with Crippen LogP contribution in [0.5, 0.6) is 0 Å². The van der Waals surface area contributed by atoms with Gasteiger partial charge in [0, 0.05) is 0 Å². The second kappa shape index (κ2) is 3.79. The first-order valence-electron chi connectivity index (χ1n) is 2.88. The van der Waals surface area contributed by atoms with Crippen LogP contribution in [0.2, 0.25) is 0 Å². The molecule has 1 atom stereocenters. The molecule has 0 saturated carbocycles. The Bertz CT molecular complexity index is 73.4. The van der Waals surface area contributed by atoms with E-state index in [0.29, 0.717) is 6.61 Å². The van der Waals surface area contributed by atoms with E-state index < -0.39 is 5.60 Å². The second-order valence-electron chi connectivity index (χ2n) is 2.23. The van der Waals surface area contributed by atoms with Gasteiger partial charge in [0.2, 0.25) is 0 Å². The van der Waals surface area contributed by atoms with Crippen molar-refractivity contribution in [2.24, 2.45) is 11.8 Å². The Morgan fingerprint density at radius 3 is 2.11 bits per heavy atom. The van der Waals surface area contributed by atoms with E-state index in [-0.39, 0.29) is 0 Å². The van der Waals surface area contributed by atoms with Crippen LogP contribution in [0.25, 0.3) is 0 Å². The first-order chi connectivity index (χ1) is 4.18. The van der Waals surface area contributed by atoms with Crippen molar-refractivity contribution >= 4 is 0 Å². The van der Waals surface area contributed by atoms with Gasteiger partial charge in [0.05, 0.1) is 6.61 Å². The molecule has 0 aliphatic carbocycles. The van der Waals surface area contributed by atoms with Crippen LogP contribution in [0.3, 0.4) is 0 Å². The fraction of sp³-hybridized carbons (Fsp3) is 1.00. The van der Waals surface area contributed by atoms with E-state index in [1.807, 2.05) is 13.8 Å². The van der Waals surface area contributed by atoms with Crippen LogP contribution in [0.15, 0.2) is 0 Å². The molecule has 56 valence electrons. The van der Waals surface area contributed by atoms with E-state index in [2.05, 4.69) is 9.68 Å². The Morgan fingerprint density at radius 1 is 1.44 bits per heavy atom. The van der Waals surface area contributed by atoms with Gasteiger partial charge in [-0.15, -0.1) is 0 Å². The molecule has 0 aromatic carbocycles. The van der Waals surface area contributed by atoms with E-state index in [1.165, 1.54) is 0 Å². The largest absolute Gasteiger partial charge is 0.302 e. The van der Waals surface area contributed by atoms with Gasteiger partial charge in [-0.1, -0.05) is 6.92 Å². The molecule has 1 unspecified atom stereocenters. The van der Waals surface area contributed by atoms with Crippen molar-refractivity contribution in [1.29, 1.82) is 0 Å². The molecule has 9 heavy (non-hydrogen) atoms. The summed E-state index contributed by atoms with van der Waals surface area (Å²) >= 11 is 0. The third-order valence-corrected chi connectivity index (χ3v) is 1.42. The van der Waals surface area contributed by atoms with Crippen molar-refractivity contribution in [1.82, 2.24) is 0 Å². The topological polar surface area (TPSA) is 70.5 Å². The van der Waals surface area contributed by atoms with E-state index in [0.717, 1.165) is 6.42 Å². The zero-order valence-electron chi connectivity index (χ0n) is 5.89. The van der Waals surface area contributed by atoms with Crippen molar-refractivity contribution in [2.45, 2.75) is 25.9 Å². The smallest absolute Gasteiger partial charge is 0.111 e. The molecule has 4 heteroatoms. The summed E-state index contributed by atoms with van der Waals surface area (Å²) in [5.41, 5.74) is -0.436. The van der Waals surface area contributed by atoms with Crippen molar-refractivity contribution in [3.63, 3.8) is 0 Å². The average molecular weight is 134 g/mol. The minimum atomic E-state index is -0.436. The first-order valence-corrected chi connectivity index (χ1v) is 2.88. The molecule has 0 radical (unpaired) electrons. The summed E-state index contributed by atoms with van der Waals surface area (Å²) in [6, 6.07) is 0. The molecule has 4 N–H and O–H groups in total. The van der Waals surface area contributed by atoms with Crippen LogP contribution in [-0.4, -0.2) is 12.2 Å². The maximum Gasteiger partial charge on any atom is 0.111 e. The highest BCUT2D eigenvalue weighted by Gasteiger charge is 2.21. The summed E-state index contributed by atoms with van der Waals surface area (Å²) in [6.45, 7) is 4.10. The molecule has 0 fully saturated rings. The van der Waals surface area contributed by atoms with E-state index in [1.54, 1.807) is 0 Å². The fourth-order valence-electron chi connectivity index (χ4n) is 0.396. The third-order valence-electron chi connectivity index (χ3n) is 1.42. The summed E-state index contributed by atoms with van der Waals surface area (Å²) in [5, 5.41) is 0. The van der Waals surface area contributed by atoms with Gasteiger partial charge in [-0.25, -0.2) is 11.8 Å². The monoisotopic (exact) mass is 134 g/mol. The van der Waals surface area contributed by atoms with Crippen LogP contribution in [-0.2, 0) is 9.68 Å². The summed E-state index contributed by atoms with van der Waals surface area (Å²) in [4.78, 5) is 9.01. The molecule has 0 heterocycles. The molecule has 0 amide bonds. The van der Waals surface area contributed by atoms with Crippen LogP contribution in [0.1, 0.15) is 20.3 Å². The zero-order valence-corrected chi connectivity index (χ0v) is 5.89. The molecule has 0 rings (SSSR count). The summed E-state index contributed by atoms with van der Waals surface area (Å²) in [5.74, 6) is 9.80. The quantitative estimate of drug-likeness (QED) is 0.528. The van der Waals surface area contributed by atoms with Crippen molar-refractivity contribution in [3.05, 3.63) is 0 Å². The predicted octanol–water partition coefficient (Wildman–Crippen LogP) is -0.0643. The Balaban J connectivity index is 3.62. The lowest BCUT2D eigenvalue weighted by molar-refractivity contribution is -0.0919. The third kappa shape index (κ3) is 2.76. The fourth-order valence-corrected chi connectivity index (χ4v) is 0.396. The normalized spacial score (nSPS) is 17.3. The number of rotatable bonds is 4. The SMILES string of the molecule is CCC(C)(CON)ON. The van der Waals surface area contributed by atoms with E-state index in [9.17, 15) is 0 Å². The maximum atomic E-state index is 4.97. The minimum absolute atomic E-state index is 0.319. The van der Waals surface area contributed by atoms with Gasteiger partial charge >= 0.3 is 0 Å². The maximum absolute atomic E-state index is 4.97. The van der Waals surface area contributed by atoms with Crippen LogP contribution >= 0.6 is 0 Å². The lowest BCUT2D eigenvalue weighted by Crippen LogP contribution is -2.37. The molecule has 0 aromatic rings. The highest BCUT2D eigenvalue weighted by molar-refractivity contribution is 4.70. The van der Waals surface area contributed by atoms with Gasteiger partial charge in [-0.2, -0.15) is 0 Å². The Kier molecular flexibility index (Phi) is 3.72. The summed E-state index contributed by atoms with van der Waals surface area (Å²) < 4.78 is 0. The van der Waals surface area contributed by atoms with Gasteiger partial charge in [0.15, 0.2) is 0 Å². The molecule has 0 bridgehead atoms. The van der Waals surface area contributed by atoms with Crippen LogP contribution < -0.4 is 11.8 Å². The molecule has 0 aromatic heterocycles. The highest BCUT2D eigenvalue weighted by Crippen LogP contribution is 2.11. The molecule has 0 aliphatic heterocycles. The highest BCUT2D eigenvalue weighted by atomic mass is 16.7. The number of hydrogen-bond acceptors (Lipinski definition) is 4. The van der Waals surface area contributed by atoms with Crippen LogP contribution in [0, 0.1) is 0 Å². The Hall–Kier alpha value is -0.160. The van der Waals surface area contributed by atoms with Gasteiger partial charge < -0.3 is 4.84 Å².